The van der Waals surface area contributed by atoms with Crippen molar-refractivity contribution in [3.8, 4) is 0 Å². The number of allylic oxidation sites excluding steroid dienone is 6. The topological polar surface area (TPSA) is 431 Å². The van der Waals surface area contributed by atoms with Gasteiger partial charge in [-0.05, 0) is 110 Å². The molecule has 1 saturated carbocycles. The number of hydrogen-bond donors (Lipinski definition) is 15. The lowest BCUT2D eigenvalue weighted by molar-refractivity contribution is -0.379. The number of nitrogens with one attached hydrogen (secondary N) is 2. The Balaban J connectivity index is 0.986. The number of hydrogen-bond acceptors (Lipinski definition) is 26. The first kappa shape index (κ1) is 71.2. The van der Waals surface area contributed by atoms with Crippen LogP contribution in [-0.4, -0.2) is 270 Å². The van der Waals surface area contributed by atoms with Crippen molar-refractivity contribution in [2.24, 2.45) is 34.0 Å². The van der Waals surface area contributed by atoms with E-state index >= 15 is 0 Å². The molecule has 28 heteroatoms. The van der Waals surface area contributed by atoms with Gasteiger partial charge in [-0.15, -0.1) is 0 Å². The summed E-state index contributed by atoms with van der Waals surface area (Å²) >= 11 is 0. The second-order valence-corrected chi connectivity index (χ2v) is 27.7. The summed E-state index contributed by atoms with van der Waals surface area (Å²) in [5.41, 5.74) is 4.38. The van der Waals surface area contributed by atoms with Crippen LogP contribution in [0.1, 0.15) is 114 Å². The van der Waals surface area contributed by atoms with Crippen LogP contribution in [0.5, 0.6) is 0 Å². The third kappa shape index (κ3) is 14.0. The van der Waals surface area contributed by atoms with E-state index in [4.69, 9.17) is 47.4 Å². The fraction of sp³-hybridized carbons (Fsp3) is 0.855. The Morgan fingerprint density at radius 1 is 0.600 bits per heavy atom. The number of aliphatic hydroxyl groups excluding tert-OH is 13. The summed E-state index contributed by atoms with van der Waals surface area (Å²) in [6, 6.07) is -3.07. The van der Waals surface area contributed by atoms with Crippen LogP contribution in [-0.2, 0) is 61.8 Å². The van der Waals surface area contributed by atoms with Gasteiger partial charge in [-0.2, -0.15) is 0 Å². The van der Waals surface area contributed by atoms with Crippen LogP contribution >= 0.6 is 0 Å². The molecular weight excluding hydrogens is 1190 g/mol. The summed E-state index contributed by atoms with van der Waals surface area (Å²) in [6.45, 7) is 13.6. The summed E-state index contributed by atoms with van der Waals surface area (Å²) in [4.78, 5) is 38.4. The average Bonchev–Trinajstić information content (AvgIpc) is 1.19. The van der Waals surface area contributed by atoms with Gasteiger partial charge in [0.2, 0.25) is 11.8 Å². The van der Waals surface area contributed by atoms with Gasteiger partial charge < -0.3 is 124 Å². The van der Waals surface area contributed by atoms with Gasteiger partial charge in [-0.1, -0.05) is 51.8 Å². The maximum atomic E-state index is 13.0. The van der Waals surface area contributed by atoms with E-state index in [1.807, 2.05) is 13.8 Å². The molecule has 4 aliphatic carbocycles. The van der Waals surface area contributed by atoms with Gasteiger partial charge >= 0.3 is 0 Å². The van der Waals surface area contributed by atoms with Crippen LogP contribution in [0.3, 0.4) is 0 Å². The van der Waals surface area contributed by atoms with E-state index in [0.717, 1.165) is 57.9 Å². The third-order valence-corrected chi connectivity index (χ3v) is 21.1. The second-order valence-electron chi connectivity index (χ2n) is 27.7. The molecule has 0 aromatic rings. The molecule has 28 nitrogen and oxygen atoms in total. The first-order valence-electron chi connectivity index (χ1n) is 31.7. The highest BCUT2D eigenvalue weighted by Crippen LogP contribution is 2.67. The number of amides is 2. The fourth-order valence-electron chi connectivity index (χ4n) is 16.3. The van der Waals surface area contributed by atoms with Crippen molar-refractivity contribution in [3.05, 3.63) is 34.4 Å². The maximum Gasteiger partial charge on any atom is 0.217 e. The number of carbonyl (C=O) groups is 3. The van der Waals surface area contributed by atoms with E-state index in [1.165, 1.54) is 16.7 Å². The summed E-state index contributed by atoms with van der Waals surface area (Å²) in [5, 5.41) is 147. The lowest BCUT2D eigenvalue weighted by Gasteiger charge is -2.60. The van der Waals surface area contributed by atoms with Crippen molar-refractivity contribution in [2.75, 3.05) is 33.0 Å². The average molecular weight is 1290 g/mol. The first-order chi connectivity index (χ1) is 42.4. The molecule has 0 aromatic heterocycles. The standard InChI is InChI=1S/C62H98N2O26/c1-25(2)18-29(70)19-26(3)31-11-12-32-30-10-13-39-60(6,7)40(15-17-62(39,9)33(30)14-16-61(31,32)8)88-59-53(47(75)38(24-82-59)87-55-41(63-27(4)68)48(76)43(71)34(20-65)83-55)89-56-42(64-28(5)69)49(77)46(74)37(86-56)23-81-58-54(51(79)45(73)36(22-67)85-58)90-57-52(80)50(78)44(72)35(21-66)84-57/h12,18,26,31,34-59,65-67,71-80H,10-11,13-17,19-24H2,1-9H3,(H,63,68)(H,64,69). The van der Waals surface area contributed by atoms with Crippen molar-refractivity contribution in [3.63, 3.8) is 0 Å². The molecular formula is C62H98N2O26. The smallest absolute Gasteiger partial charge is 0.217 e. The van der Waals surface area contributed by atoms with Crippen LogP contribution in [0, 0.1) is 34.0 Å². The van der Waals surface area contributed by atoms with Gasteiger partial charge in [0, 0.05) is 20.3 Å². The Morgan fingerprint density at radius 2 is 1.13 bits per heavy atom. The minimum Gasteiger partial charge on any atom is -0.394 e. The van der Waals surface area contributed by atoms with Crippen LogP contribution in [0.4, 0.5) is 0 Å². The lowest BCUT2D eigenvalue weighted by Crippen LogP contribution is -2.68. The first-order valence-corrected chi connectivity index (χ1v) is 31.7. The molecule has 15 N–H and O–H groups in total. The highest BCUT2D eigenvalue weighted by molar-refractivity contribution is 5.90. The monoisotopic (exact) mass is 1290 g/mol. The molecule has 5 aliphatic heterocycles. The molecule has 30 unspecified atom stereocenters. The van der Waals surface area contributed by atoms with E-state index in [-0.39, 0.29) is 28.4 Å². The molecule has 90 heavy (non-hydrogen) atoms. The third-order valence-electron chi connectivity index (χ3n) is 21.1. The van der Waals surface area contributed by atoms with E-state index < -0.39 is 204 Å². The molecule has 0 radical (unpaired) electrons. The Hall–Kier alpha value is -3.09. The minimum atomic E-state index is -1.99. The summed E-state index contributed by atoms with van der Waals surface area (Å²) in [7, 11) is 0. The molecule has 9 aliphatic rings. The predicted molar refractivity (Wildman–Crippen MR) is 309 cm³/mol. The zero-order valence-corrected chi connectivity index (χ0v) is 52.6. The molecule has 9 rings (SSSR count). The van der Waals surface area contributed by atoms with Crippen LogP contribution < -0.4 is 10.6 Å². The Bertz CT molecular complexity index is 2600. The Morgan fingerprint density at radius 3 is 1.73 bits per heavy atom. The van der Waals surface area contributed by atoms with Gasteiger partial charge in [0.05, 0.1) is 39.1 Å². The minimum absolute atomic E-state index is 0.0734. The van der Waals surface area contributed by atoms with Crippen LogP contribution in [0.25, 0.3) is 0 Å². The van der Waals surface area contributed by atoms with Gasteiger partial charge in [0.1, 0.15) is 116 Å². The maximum absolute atomic E-state index is 13.0. The zero-order valence-electron chi connectivity index (χ0n) is 52.6. The second kappa shape index (κ2) is 28.7. The van der Waals surface area contributed by atoms with Crippen molar-refractivity contribution in [2.45, 2.75) is 267 Å². The summed E-state index contributed by atoms with van der Waals surface area (Å²) < 4.78 is 61.8. The van der Waals surface area contributed by atoms with Crippen LogP contribution in [0.2, 0.25) is 0 Å². The zero-order chi connectivity index (χ0) is 65.8. The molecule has 5 heterocycles. The number of ketones is 1. The molecule has 5 saturated heterocycles. The molecule has 2 amide bonds. The Kier molecular flexibility index (Phi) is 22.7. The van der Waals surface area contributed by atoms with E-state index in [2.05, 4.69) is 51.3 Å². The molecule has 512 valence electrons. The molecule has 0 spiro atoms. The summed E-state index contributed by atoms with van der Waals surface area (Å²) in [5.74, 6) is -0.617. The molecule has 0 aromatic carbocycles. The van der Waals surface area contributed by atoms with Gasteiger partial charge in [0.15, 0.2) is 37.2 Å². The van der Waals surface area contributed by atoms with Crippen LogP contribution in [0.15, 0.2) is 34.4 Å². The number of fused-ring (bicyclic) bond motifs is 4. The predicted octanol–water partition coefficient (Wildman–Crippen LogP) is -2.76. The van der Waals surface area contributed by atoms with Crippen molar-refractivity contribution < 1.29 is 128 Å². The largest absolute Gasteiger partial charge is 0.394 e. The number of ether oxygens (including phenoxy) is 10. The lowest BCUT2D eigenvalue weighted by atomic mass is 9.46. The van der Waals surface area contributed by atoms with E-state index in [0.29, 0.717) is 18.8 Å². The Labute approximate surface area is 523 Å². The van der Waals surface area contributed by atoms with Gasteiger partial charge in [-0.3, -0.25) is 14.4 Å². The summed E-state index contributed by atoms with van der Waals surface area (Å²) in [6.07, 6.45) is -28.6. The van der Waals surface area contributed by atoms with Crippen molar-refractivity contribution in [1.82, 2.24) is 10.6 Å². The van der Waals surface area contributed by atoms with Crippen molar-refractivity contribution in [1.29, 1.82) is 0 Å². The highest BCUT2D eigenvalue weighted by atomic mass is 16.8. The van der Waals surface area contributed by atoms with Gasteiger partial charge in [-0.25, -0.2) is 0 Å². The molecule has 6 fully saturated rings. The van der Waals surface area contributed by atoms with E-state index in [9.17, 15) is 80.8 Å². The SMILES string of the molecule is CC(=O)NC1C(OC2COC(OC3CCC4(C)C5=C(CCC4C3(C)C)C3=CCC(C(C)CC(=O)C=C(C)C)C3(C)CC5)C(OC3OC(COC4OC(CO)C(O)C(O)C4OC4OC(CO)C(O)C(O)C4O)C(O)C(O)C3NC(C)=O)C2O)OC(CO)C(O)C1O. The highest BCUT2D eigenvalue weighted by Gasteiger charge is 2.61. The quantitative estimate of drug-likeness (QED) is 0.0549. The normalized spacial score (nSPS) is 46.4. The molecule has 30 atom stereocenters. The van der Waals surface area contributed by atoms with E-state index in [1.54, 1.807) is 6.08 Å². The fourth-order valence-corrected chi connectivity index (χ4v) is 16.3. The number of carbonyl (C=O) groups excluding carboxylic acids is 3. The number of aliphatic hydroxyl groups is 13. The van der Waals surface area contributed by atoms with Gasteiger partial charge in [0.25, 0.3) is 0 Å². The number of rotatable bonds is 20. The molecule has 0 bridgehead atoms. The van der Waals surface area contributed by atoms with Crippen molar-refractivity contribution >= 4 is 17.6 Å².